The molecule has 0 atom stereocenters. The minimum absolute atomic E-state index is 0.0339. The third kappa shape index (κ3) is 6.25. The Hall–Kier alpha value is -3.02. The normalized spacial score (nSPS) is 12.1. The smallest absolute Gasteiger partial charge is 0.453 e. The Morgan fingerprint density at radius 1 is 1.16 bits per heavy atom. The molecule has 0 N–H and O–H groups in total. The van der Waals surface area contributed by atoms with Gasteiger partial charge in [0.1, 0.15) is 23.9 Å². The number of carbonyl (C=O) groups excluding carboxylic acids is 1. The molecular formula is C23H28ClN3O5. The van der Waals surface area contributed by atoms with Gasteiger partial charge in [0, 0.05) is 14.2 Å². The predicted octanol–water partition coefficient (Wildman–Crippen LogP) is 4.85. The van der Waals surface area contributed by atoms with E-state index in [1.54, 1.807) is 14.0 Å². The Morgan fingerprint density at radius 2 is 1.81 bits per heavy atom. The summed E-state index contributed by atoms with van der Waals surface area (Å²) in [4.78, 5) is 11.7. The molecule has 0 radical (unpaired) electrons. The van der Waals surface area contributed by atoms with Crippen LogP contribution in [0.5, 0.6) is 0 Å². The summed E-state index contributed by atoms with van der Waals surface area (Å²) in [5, 5.41) is 14.6. The molecule has 9 heteroatoms. The number of aromatic nitrogens is 2. The van der Waals surface area contributed by atoms with Gasteiger partial charge in [-0.25, -0.2) is 4.79 Å². The number of halogens is 1. The molecule has 172 valence electrons. The van der Waals surface area contributed by atoms with Crippen molar-refractivity contribution < 1.29 is 23.7 Å². The van der Waals surface area contributed by atoms with E-state index in [0.717, 1.165) is 5.56 Å². The number of benzene rings is 1. The van der Waals surface area contributed by atoms with Gasteiger partial charge in [0.2, 0.25) is 6.79 Å². The lowest BCUT2D eigenvalue weighted by Gasteiger charge is -2.19. The molecule has 8 nitrogen and oxygen atoms in total. The molecule has 1 heterocycles. The molecular weight excluding hydrogens is 434 g/mol. The van der Waals surface area contributed by atoms with Crippen LogP contribution in [0.15, 0.2) is 24.3 Å². The van der Waals surface area contributed by atoms with Crippen LogP contribution in [0.4, 0.5) is 4.79 Å². The lowest BCUT2D eigenvalue weighted by atomic mass is 9.86. The highest BCUT2D eigenvalue weighted by Crippen LogP contribution is 2.34. The van der Waals surface area contributed by atoms with Gasteiger partial charge in [-0.3, -0.25) is 4.68 Å². The van der Waals surface area contributed by atoms with Crippen LogP contribution in [0.1, 0.15) is 43.3 Å². The van der Waals surface area contributed by atoms with Crippen molar-refractivity contribution >= 4 is 29.1 Å². The molecule has 2 rings (SSSR count). The van der Waals surface area contributed by atoms with E-state index < -0.39 is 12.9 Å². The fourth-order valence-electron chi connectivity index (χ4n) is 2.91. The summed E-state index contributed by atoms with van der Waals surface area (Å²) in [6.45, 7) is 7.89. The lowest BCUT2D eigenvalue weighted by molar-refractivity contribution is -0.0130. The summed E-state index contributed by atoms with van der Waals surface area (Å²) in [6, 6.07) is 9.80. The lowest BCUT2D eigenvalue weighted by Crippen LogP contribution is -2.14. The maximum Gasteiger partial charge on any atom is 0.511 e. The molecule has 0 aliphatic carbocycles. The van der Waals surface area contributed by atoms with Gasteiger partial charge in [0.25, 0.3) is 0 Å². The van der Waals surface area contributed by atoms with Crippen molar-refractivity contribution in [3.63, 3.8) is 0 Å². The number of allylic oxidation sites excluding steroid dienone is 1. The molecule has 0 bridgehead atoms. The monoisotopic (exact) mass is 461 g/mol. The van der Waals surface area contributed by atoms with Crippen molar-refractivity contribution in [1.29, 1.82) is 5.26 Å². The molecule has 0 fully saturated rings. The van der Waals surface area contributed by atoms with E-state index in [2.05, 4.69) is 31.9 Å². The van der Waals surface area contributed by atoms with E-state index in [9.17, 15) is 10.1 Å². The number of methoxy groups -OCH3 is 1. The number of carbonyl (C=O) groups is 1. The van der Waals surface area contributed by atoms with Crippen LogP contribution in [0.25, 0.3) is 11.3 Å². The van der Waals surface area contributed by atoms with Gasteiger partial charge in [-0.05, 0) is 23.5 Å². The molecule has 0 aliphatic heterocycles. The molecule has 0 saturated carbocycles. The van der Waals surface area contributed by atoms with Crippen LogP contribution in [0.3, 0.4) is 0 Å². The standard InChI is InChI=1S/C23H28ClN3O5/c1-15-19(24)20(27(5)26-15)21(31-14-32-22(28)30-12-11-29-6)18(13-25)16-7-9-17(10-8-16)23(2,3)4/h7-10H,11-12,14H2,1-6H3/b21-18-. The zero-order chi connectivity index (χ0) is 23.9. The third-order valence-corrected chi connectivity index (χ3v) is 5.08. The van der Waals surface area contributed by atoms with Gasteiger partial charge in [-0.15, -0.1) is 0 Å². The van der Waals surface area contributed by atoms with Crippen molar-refractivity contribution in [2.45, 2.75) is 33.1 Å². The van der Waals surface area contributed by atoms with E-state index in [0.29, 0.717) is 22.0 Å². The van der Waals surface area contributed by atoms with E-state index in [-0.39, 0.29) is 30.0 Å². The van der Waals surface area contributed by atoms with Gasteiger partial charge in [0.15, 0.2) is 5.76 Å². The second-order valence-corrected chi connectivity index (χ2v) is 8.39. The molecule has 32 heavy (non-hydrogen) atoms. The maximum atomic E-state index is 11.7. The SMILES string of the molecule is COCCOC(=O)OCO/C(=C(/C#N)c1ccc(C(C)(C)C)cc1)c1c(Cl)c(C)nn1C. The van der Waals surface area contributed by atoms with E-state index in [4.69, 9.17) is 30.5 Å². The highest BCUT2D eigenvalue weighted by molar-refractivity contribution is 6.33. The largest absolute Gasteiger partial charge is 0.511 e. The summed E-state index contributed by atoms with van der Waals surface area (Å²) >= 11 is 6.46. The number of nitriles is 1. The second-order valence-electron chi connectivity index (χ2n) is 8.01. The predicted molar refractivity (Wildman–Crippen MR) is 121 cm³/mol. The zero-order valence-corrected chi connectivity index (χ0v) is 19.9. The molecule has 0 aliphatic rings. The Labute approximate surface area is 193 Å². The van der Waals surface area contributed by atoms with Gasteiger partial charge in [0.05, 0.1) is 17.3 Å². The van der Waals surface area contributed by atoms with Gasteiger partial charge >= 0.3 is 6.16 Å². The van der Waals surface area contributed by atoms with Crippen molar-refractivity contribution in [2.24, 2.45) is 7.05 Å². The number of aryl methyl sites for hydroxylation is 2. The summed E-state index contributed by atoms with van der Waals surface area (Å²) in [5.74, 6) is 0.147. The van der Waals surface area contributed by atoms with Gasteiger partial charge in [-0.2, -0.15) is 10.4 Å². The first kappa shape index (κ1) is 25.2. The van der Waals surface area contributed by atoms with Crippen LogP contribution < -0.4 is 0 Å². The minimum atomic E-state index is -0.915. The molecule has 0 unspecified atom stereocenters. The van der Waals surface area contributed by atoms with Gasteiger partial charge in [-0.1, -0.05) is 56.6 Å². The zero-order valence-electron chi connectivity index (χ0n) is 19.2. The minimum Gasteiger partial charge on any atom is -0.453 e. The van der Waals surface area contributed by atoms with E-state index in [1.807, 2.05) is 24.3 Å². The highest BCUT2D eigenvalue weighted by atomic mass is 35.5. The number of ether oxygens (including phenoxy) is 4. The van der Waals surface area contributed by atoms with Crippen molar-refractivity contribution in [2.75, 3.05) is 27.1 Å². The summed E-state index contributed by atoms with van der Waals surface area (Å²) in [6.07, 6.45) is -0.915. The number of nitrogens with zero attached hydrogens (tertiary/aromatic N) is 3. The molecule has 0 spiro atoms. The summed E-state index contributed by atoms with van der Waals surface area (Å²) < 4.78 is 21.9. The van der Waals surface area contributed by atoms with Crippen LogP contribution in [0.2, 0.25) is 5.02 Å². The molecule has 1 aromatic heterocycles. The van der Waals surface area contributed by atoms with Crippen molar-refractivity contribution in [1.82, 2.24) is 9.78 Å². The number of rotatable bonds is 8. The molecule has 0 saturated heterocycles. The highest BCUT2D eigenvalue weighted by Gasteiger charge is 2.23. The molecule has 0 amide bonds. The first-order chi connectivity index (χ1) is 15.1. The van der Waals surface area contributed by atoms with Crippen LogP contribution >= 0.6 is 11.6 Å². The quantitative estimate of drug-likeness (QED) is 0.182. The van der Waals surface area contributed by atoms with Crippen LogP contribution in [-0.2, 0) is 31.4 Å². The fraction of sp³-hybridized carbons (Fsp3) is 0.435. The summed E-state index contributed by atoms with van der Waals surface area (Å²) in [7, 11) is 3.18. The van der Waals surface area contributed by atoms with Crippen LogP contribution in [0, 0.1) is 18.3 Å². The Kier molecular flexibility index (Phi) is 8.70. The first-order valence-electron chi connectivity index (χ1n) is 9.96. The molecule has 1 aromatic carbocycles. The molecule has 2 aromatic rings. The van der Waals surface area contributed by atoms with E-state index >= 15 is 0 Å². The third-order valence-electron chi connectivity index (χ3n) is 4.63. The van der Waals surface area contributed by atoms with Gasteiger partial charge < -0.3 is 18.9 Å². The van der Waals surface area contributed by atoms with E-state index in [1.165, 1.54) is 11.8 Å². The Balaban J connectivity index is 2.41. The topological polar surface area (TPSA) is 95.6 Å². The number of hydrogen-bond donors (Lipinski definition) is 0. The summed E-state index contributed by atoms with van der Waals surface area (Å²) in [5.41, 5.74) is 2.92. The Bertz CT molecular complexity index is 1010. The average molecular weight is 462 g/mol. The maximum absolute atomic E-state index is 11.7. The fourth-order valence-corrected chi connectivity index (χ4v) is 3.15. The van der Waals surface area contributed by atoms with Crippen LogP contribution in [-0.4, -0.2) is 43.1 Å². The van der Waals surface area contributed by atoms with Crippen molar-refractivity contribution in [3.05, 3.63) is 51.8 Å². The average Bonchev–Trinajstić information content (AvgIpc) is 2.98. The van der Waals surface area contributed by atoms with Crippen molar-refractivity contribution in [3.8, 4) is 6.07 Å². The second kappa shape index (κ2) is 11.0. The first-order valence-corrected chi connectivity index (χ1v) is 10.3. The Morgan fingerprint density at radius 3 is 2.31 bits per heavy atom. The number of hydrogen-bond acceptors (Lipinski definition) is 7.